The molecule has 0 spiro atoms. The highest BCUT2D eigenvalue weighted by Crippen LogP contribution is 2.42. The zero-order chi connectivity index (χ0) is 13.1. The van der Waals surface area contributed by atoms with E-state index in [9.17, 15) is 20.3 Å². The molecule has 2 rings (SSSR count). The van der Waals surface area contributed by atoms with Crippen LogP contribution >= 0.6 is 11.3 Å². The molecule has 0 amide bonds. The number of phenolic OH excluding ortho intramolecular Hbond substituents is 2. The van der Waals surface area contributed by atoms with Crippen LogP contribution < -0.4 is 0 Å². The van der Waals surface area contributed by atoms with Gasteiger partial charge in [0.05, 0.1) is 4.92 Å². The van der Waals surface area contributed by atoms with Gasteiger partial charge in [0.2, 0.25) is 10.9 Å². The molecular weight excluding hydrogens is 260 g/mol. The molecule has 9 heteroatoms. The lowest BCUT2D eigenvalue weighted by molar-refractivity contribution is -0.386. The summed E-state index contributed by atoms with van der Waals surface area (Å²) in [5, 5.41) is 38.9. The van der Waals surface area contributed by atoms with E-state index in [1.165, 1.54) is 23.6 Å². The van der Waals surface area contributed by atoms with Crippen molar-refractivity contribution in [1.29, 1.82) is 0 Å². The van der Waals surface area contributed by atoms with Gasteiger partial charge in [0, 0.05) is 11.6 Å². The Kier molecular flexibility index (Phi) is 3.15. The summed E-state index contributed by atoms with van der Waals surface area (Å²) in [6.45, 7) is 0. The second-order valence-electron chi connectivity index (χ2n) is 3.07. The molecule has 1 heterocycles. The van der Waals surface area contributed by atoms with E-state index in [1.54, 1.807) is 5.38 Å². The number of azo groups is 1. The van der Waals surface area contributed by atoms with Crippen molar-refractivity contribution in [2.45, 2.75) is 0 Å². The SMILES string of the molecule is O=[N+]([O-])c1c(O)ccc(N=Nc2nccs2)c1O. The zero-order valence-corrected chi connectivity index (χ0v) is 9.53. The predicted molar refractivity (Wildman–Crippen MR) is 62.7 cm³/mol. The quantitative estimate of drug-likeness (QED) is 0.502. The number of benzene rings is 1. The Bertz CT molecular complexity index is 611. The fourth-order valence-corrected chi connectivity index (χ4v) is 1.63. The lowest BCUT2D eigenvalue weighted by atomic mass is 10.2. The van der Waals surface area contributed by atoms with Crippen LogP contribution in [0.5, 0.6) is 11.5 Å². The van der Waals surface area contributed by atoms with Gasteiger partial charge in [-0.1, -0.05) is 0 Å². The van der Waals surface area contributed by atoms with Gasteiger partial charge in [0.25, 0.3) is 0 Å². The van der Waals surface area contributed by atoms with Gasteiger partial charge in [-0.15, -0.1) is 21.6 Å². The first-order valence-electron chi connectivity index (χ1n) is 4.60. The molecule has 0 saturated heterocycles. The van der Waals surface area contributed by atoms with Crippen molar-refractivity contribution in [2.75, 3.05) is 0 Å². The lowest BCUT2D eigenvalue weighted by Gasteiger charge is -2.00. The Morgan fingerprint density at radius 3 is 2.72 bits per heavy atom. The predicted octanol–water partition coefficient (Wildman–Crippen LogP) is 2.88. The molecule has 0 radical (unpaired) electrons. The second-order valence-corrected chi connectivity index (χ2v) is 3.95. The molecule has 18 heavy (non-hydrogen) atoms. The molecule has 1 aromatic carbocycles. The maximum Gasteiger partial charge on any atom is 0.354 e. The van der Waals surface area contributed by atoms with Crippen LogP contribution in [-0.4, -0.2) is 20.1 Å². The van der Waals surface area contributed by atoms with Crippen molar-refractivity contribution in [2.24, 2.45) is 10.2 Å². The third kappa shape index (κ3) is 2.25. The van der Waals surface area contributed by atoms with Crippen molar-refractivity contribution in [1.82, 2.24) is 4.98 Å². The third-order valence-electron chi connectivity index (χ3n) is 1.95. The molecule has 0 bridgehead atoms. The standard InChI is InChI=1S/C9H6N4O4S/c14-6-2-1-5(8(15)7(6)13(16)17)11-12-9-10-3-4-18-9/h1-4,14-15H. The number of nitrogens with zero attached hydrogens (tertiary/aromatic N) is 4. The number of nitro benzene ring substituents is 1. The first kappa shape index (κ1) is 11.9. The highest BCUT2D eigenvalue weighted by Gasteiger charge is 2.22. The molecule has 0 aliphatic carbocycles. The van der Waals surface area contributed by atoms with Crippen LogP contribution in [0.1, 0.15) is 0 Å². The minimum atomic E-state index is -0.896. The average Bonchev–Trinajstić information content (AvgIpc) is 2.80. The first-order valence-corrected chi connectivity index (χ1v) is 5.48. The molecule has 2 N–H and O–H groups in total. The summed E-state index contributed by atoms with van der Waals surface area (Å²) in [4.78, 5) is 13.6. The highest BCUT2D eigenvalue weighted by atomic mass is 32.1. The molecule has 1 aromatic heterocycles. The van der Waals surface area contributed by atoms with Gasteiger partial charge in [-0.2, -0.15) is 0 Å². The van der Waals surface area contributed by atoms with Gasteiger partial charge in [0.15, 0.2) is 5.75 Å². The smallest absolute Gasteiger partial charge is 0.354 e. The summed E-state index contributed by atoms with van der Waals surface area (Å²) in [6.07, 6.45) is 1.53. The van der Waals surface area contributed by atoms with Crippen LogP contribution in [0.25, 0.3) is 0 Å². The van der Waals surface area contributed by atoms with Crippen molar-refractivity contribution in [3.8, 4) is 11.5 Å². The van der Waals surface area contributed by atoms with Gasteiger partial charge in [-0.25, -0.2) is 4.98 Å². The number of hydrogen-bond donors (Lipinski definition) is 2. The highest BCUT2D eigenvalue weighted by molar-refractivity contribution is 7.13. The minimum Gasteiger partial charge on any atom is -0.502 e. The average molecular weight is 266 g/mol. The van der Waals surface area contributed by atoms with Crippen LogP contribution in [0.4, 0.5) is 16.5 Å². The van der Waals surface area contributed by atoms with Gasteiger partial charge < -0.3 is 10.2 Å². The van der Waals surface area contributed by atoms with Crippen molar-refractivity contribution >= 4 is 27.8 Å². The van der Waals surface area contributed by atoms with Crippen LogP contribution in [0.15, 0.2) is 33.9 Å². The molecule has 0 fully saturated rings. The third-order valence-corrected chi connectivity index (χ3v) is 2.61. The van der Waals surface area contributed by atoms with Crippen LogP contribution in [-0.2, 0) is 0 Å². The molecule has 0 aliphatic heterocycles. The Morgan fingerprint density at radius 2 is 2.11 bits per heavy atom. The molecule has 0 saturated carbocycles. The molecule has 0 aliphatic rings. The number of hydrogen-bond acceptors (Lipinski definition) is 8. The maximum atomic E-state index is 10.6. The summed E-state index contributed by atoms with van der Waals surface area (Å²) in [5.41, 5.74) is -0.916. The summed E-state index contributed by atoms with van der Waals surface area (Å²) in [7, 11) is 0. The van der Waals surface area contributed by atoms with E-state index < -0.39 is 22.1 Å². The monoisotopic (exact) mass is 266 g/mol. The van der Waals surface area contributed by atoms with Gasteiger partial charge in [-0.3, -0.25) is 10.1 Å². The topological polar surface area (TPSA) is 121 Å². The fourth-order valence-electron chi connectivity index (χ4n) is 1.18. The largest absolute Gasteiger partial charge is 0.502 e. The molecule has 2 aromatic rings. The fraction of sp³-hybridized carbons (Fsp3) is 0. The number of rotatable bonds is 3. The summed E-state index contributed by atoms with van der Waals surface area (Å²) in [5.74, 6) is -1.37. The van der Waals surface area contributed by atoms with Gasteiger partial charge in [0.1, 0.15) is 5.69 Å². The zero-order valence-electron chi connectivity index (χ0n) is 8.72. The molecule has 0 unspecified atom stereocenters. The molecule has 0 atom stereocenters. The molecule has 8 nitrogen and oxygen atoms in total. The number of thiazole rings is 1. The normalized spacial score (nSPS) is 10.9. The Hall–Kier alpha value is -2.55. The number of aromatic nitrogens is 1. The van der Waals surface area contributed by atoms with Crippen LogP contribution in [0, 0.1) is 10.1 Å². The van der Waals surface area contributed by atoms with Crippen molar-refractivity contribution in [3.05, 3.63) is 33.8 Å². The van der Waals surface area contributed by atoms with Crippen LogP contribution in [0.2, 0.25) is 0 Å². The van der Waals surface area contributed by atoms with E-state index >= 15 is 0 Å². The van der Waals surface area contributed by atoms with E-state index in [2.05, 4.69) is 15.2 Å². The first-order chi connectivity index (χ1) is 8.59. The summed E-state index contributed by atoms with van der Waals surface area (Å²) < 4.78 is 0. The Labute approximate surface area is 104 Å². The van der Waals surface area contributed by atoms with Crippen LogP contribution in [0.3, 0.4) is 0 Å². The number of nitro groups is 1. The van der Waals surface area contributed by atoms with E-state index in [1.807, 2.05) is 0 Å². The number of phenols is 2. The lowest BCUT2D eigenvalue weighted by Crippen LogP contribution is -1.89. The van der Waals surface area contributed by atoms with E-state index in [-0.39, 0.29) is 5.69 Å². The Morgan fingerprint density at radius 1 is 1.33 bits per heavy atom. The molecule has 92 valence electrons. The summed E-state index contributed by atoms with van der Waals surface area (Å²) in [6, 6.07) is 2.28. The second kappa shape index (κ2) is 4.75. The van der Waals surface area contributed by atoms with Crippen molar-refractivity contribution in [3.63, 3.8) is 0 Å². The number of aromatic hydroxyl groups is 2. The maximum absolute atomic E-state index is 10.6. The minimum absolute atomic E-state index is 0.116. The van der Waals surface area contributed by atoms with E-state index in [4.69, 9.17) is 0 Å². The summed E-state index contributed by atoms with van der Waals surface area (Å²) >= 11 is 1.23. The van der Waals surface area contributed by atoms with E-state index in [0.717, 1.165) is 6.07 Å². The van der Waals surface area contributed by atoms with Gasteiger partial charge >= 0.3 is 5.69 Å². The van der Waals surface area contributed by atoms with Gasteiger partial charge in [-0.05, 0) is 12.1 Å². The van der Waals surface area contributed by atoms with Crippen molar-refractivity contribution < 1.29 is 15.1 Å². The molecular formula is C9H6N4O4S. The Balaban J connectivity index is 2.41. The van der Waals surface area contributed by atoms with E-state index in [0.29, 0.717) is 5.13 Å².